The van der Waals surface area contributed by atoms with Crippen LogP contribution in [0, 0.1) is 5.41 Å². The largest absolute Gasteiger partial charge is 0.337 e. The quantitative estimate of drug-likeness (QED) is 0.696. The minimum atomic E-state index is -0.659. The molecule has 0 bridgehead atoms. The first kappa shape index (κ1) is 19.2. The predicted molar refractivity (Wildman–Crippen MR) is 98.7 cm³/mol. The molecule has 0 aromatic carbocycles. The molecular weight excluding hydrogens is 344 g/mol. The molecule has 0 spiro atoms. The number of ketones is 1. The highest BCUT2D eigenvalue weighted by Gasteiger charge is 2.41. The average molecular weight is 370 g/mol. The highest BCUT2D eigenvalue weighted by molar-refractivity contribution is 6.38. The minimum absolute atomic E-state index is 0.311. The molecule has 0 N–H and O–H groups in total. The molecule has 7 heteroatoms. The molecule has 0 radical (unpaired) electrons. The molecule has 27 heavy (non-hydrogen) atoms. The van der Waals surface area contributed by atoms with Crippen LogP contribution in [0.3, 0.4) is 0 Å². The van der Waals surface area contributed by atoms with Crippen LogP contribution in [0.15, 0.2) is 29.0 Å². The number of rotatable bonds is 7. The van der Waals surface area contributed by atoms with E-state index < -0.39 is 11.3 Å². The van der Waals surface area contributed by atoms with Gasteiger partial charge >= 0.3 is 0 Å². The second-order valence-corrected chi connectivity index (χ2v) is 7.63. The lowest BCUT2D eigenvalue weighted by atomic mass is 9.84. The van der Waals surface area contributed by atoms with Crippen LogP contribution in [0.2, 0.25) is 0 Å². The Morgan fingerprint density at radius 3 is 2.85 bits per heavy atom. The normalized spacial score (nSPS) is 17.3. The summed E-state index contributed by atoms with van der Waals surface area (Å²) in [5.74, 6) is 0.227. The molecule has 1 saturated heterocycles. The molecule has 2 aromatic heterocycles. The number of nitrogens with zero attached hydrogens (tertiary/aromatic N) is 4. The number of amides is 1. The Morgan fingerprint density at radius 2 is 2.15 bits per heavy atom. The number of aryl methyl sites for hydroxylation is 2. The van der Waals surface area contributed by atoms with E-state index in [2.05, 4.69) is 15.1 Å². The standard InChI is InChI=1S/C20H26N4O3/c1-4-20(2,3)17(25)19(26)24-12-6-8-15(24)18-22-16(23-27-18)10-9-14-7-5-11-21-13-14/h5,7,11,13,15H,4,6,8-10,12H2,1-3H3/t15-/m0/s1. The van der Waals surface area contributed by atoms with Gasteiger partial charge in [-0.2, -0.15) is 4.98 Å². The molecule has 144 valence electrons. The Bertz CT molecular complexity index is 801. The maximum atomic E-state index is 12.7. The van der Waals surface area contributed by atoms with E-state index in [4.69, 9.17) is 4.52 Å². The molecule has 3 rings (SSSR count). The highest BCUT2D eigenvalue weighted by Crippen LogP contribution is 2.33. The molecule has 1 aliphatic heterocycles. The number of Topliss-reactive ketones (excluding diaryl/α,β-unsaturated/α-hetero) is 1. The van der Waals surface area contributed by atoms with Crippen molar-refractivity contribution in [3.05, 3.63) is 41.8 Å². The molecule has 0 unspecified atom stereocenters. The third-order valence-electron chi connectivity index (χ3n) is 5.34. The molecule has 3 heterocycles. The first-order chi connectivity index (χ1) is 12.9. The van der Waals surface area contributed by atoms with E-state index in [0.717, 1.165) is 24.8 Å². The molecular formula is C20H26N4O3. The second-order valence-electron chi connectivity index (χ2n) is 7.63. The molecule has 2 aromatic rings. The van der Waals surface area contributed by atoms with Crippen molar-refractivity contribution in [1.82, 2.24) is 20.0 Å². The number of aromatic nitrogens is 3. The van der Waals surface area contributed by atoms with E-state index >= 15 is 0 Å². The number of carbonyl (C=O) groups excluding carboxylic acids is 2. The highest BCUT2D eigenvalue weighted by atomic mass is 16.5. The van der Waals surface area contributed by atoms with E-state index in [9.17, 15) is 9.59 Å². The summed E-state index contributed by atoms with van der Waals surface area (Å²) in [4.78, 5) is 35.5. The van der Waals surface area contributed by atoms with E-state index in [1.54, 1.807) is 11.1 Å². The summed E-state index contributed by atoms with van der Waals surface area (Å²) in [7, 11) is 0. The van der Waals surface area contributed by atoms with Crippen LogP contribution in [0.25, 0.3) is 0 Å². The maximum Gasteiger partial charge on any atom is 0.291 e. The van der Waals surface area contributed by atoms with Gasteiger partial charge < -0.3 is 9.42 Å². The molecule has 1 fully saturated rings. The van der Waals surface area contributed by atoms with Gasteiger partial charge in [0.2, 0.25) is 11.7 Å². The van der Waals surface area contributed by atoms with Crippen molar-refractivity contribution in [3.8, 4) is 0 Å². The van der Waals surface area contributed by atoms with Gasteiger partial charge in [0, 0.05) is 30.8 Å². The number of pyridine rings is 1. The van der Waals surface area contributed by atoms with Crippen molar-refractivity contribution in [2.24, 2.45) is 5.41 Å². The number of carbonyl (C=O) groups is 2. The monoisotopic (exact) mass is 370 g/mol. The van der Waals surface area contributed by atoms with Gasteiger partial charge in [0.15, 0.2) is 5.82 Å². The fraction of sp³-hybridized carbons (Fsp3) is 0.550. The number of likely N-dealkylation sites (tertiary alicyclic amines) is 1. The maximum absolute atomic E-state index is 12.7. The zero-order chi connectivity index (χ0) is 19.4. The van der Waals surface area contributed by atoms with Crippen LogP contribution in [0.1, 0.15) is 63.4 Å². The third kappa shape index (κ3) is 4.23. The summed E-state index contributed by atoms with van der Waals surface area (Å²) in [5, 5.41) is 4.05. The zero-order valence-electron chi connectivity index (χ0n) is 16.1. The minimum Gasteiger partial charge on any atom is -0.337 e. The van der Waals surface area contributed by atoms with E-state index in [1.165, 1.54) is 0 Å². The Labute approximate surface area is 159 Å². The van der Waals surface area contributed by atoms with Gasteiger partial charge in [-0.25, -0.2) is 0 Å². The van der Waals surface area contributed by atoms with E-state index in [0.29, 0.717) is 31.1 Å². The van der Waals surface area contributed by atoms with Crippen molar-refractivity contribution in [2.75, 3.05) is 6.54 Å². The van der Waals surface area contributed by atoms with Gasteiger partial charge in [-0.15, -0.1) is 0 Å². The molecule has 7 nitrogen and oxygen atoms in total. The molecule has 0 aliphatic carbocycles. The van der Waals surface area contributed by atoms with Crippen molar-refractivity contribution in [2.45, 2.75) is 58.9 Å². The first-order valence-electron chi connectivity index (χ1n) is 9.49. The molecule has 1 amide bonds. The van der Waals surface area contributed by atoms with Crippen LogP contribution in [-0.2, 0) is 22.4 Å². The fourth-order valence-corrected chi connectivity index (χ4v) is 3.15. The number of hydrogen-bond donors (Lipinski definition) is 0. The van der Waals surface area contributed by atoms with Crippen molar-refractivity contribution >= 4 is 11.7 Å². The van der Waals surface area contributed by atoms with Crippen LogP contribution in [0.5, 0.6) is 0 Å². The van der Waals surface area contributed by atoms with E-state index in [1.807, 2.05) is 39.1 Å². The molecule has 1 atom stereocenters. The van der Waals surface area contributed by atoms with Crippen LogP contribution in [0.4, 0.5) is 0 Å². The summed E-state index contributed by atoms with van der Waals surface area (Å²) in [6.45, 7) is 6.07. The summed E-state index contributed by atoms with van der Waals surface area (Å²) < 4.78 is 5.43. The third-order valence-corrected chi connectivity index (χ3v) is 5.34. The lowest BCUT2D eigenvalue weighted by Gasteiger charge is -2.26. The van der Waals surface area contributed by atoms with Crippen molar-refractivity contribution in [1.29, 1.82) is 0 Å². The van der Waals surface area contributed by atoms with Gasteiger partial charge in [-0.05, 0) is 37.3 Å². The zero-order valence-corrected chi connectivity index (χ0v) is 16.1. The lowest BCUT2D eigenvalue weighted by molar-refractivity contribution is -0.150. The number of hydrogen-bond acceptors (Lipinski definition) is 6. The first-order valence-corrected chi connectivity index (χ1v) is 9.49. The topological polar surface area (TPSA) is 89.2 Å². The van der Waals surface area contributed by atoms with Crippen LogP contribution < -0.4 is 0 Å². The Kier molecular flexibility index (Phi) is 5.68. The van der Waals surface area contributed by atoms with Crippen LogP contribution >= 0.6 is 0 Å². The van der Waals surface area contributed by atoms with Crippen molar-refractivity contribution < 1.29 is 14.1 Å². The Balaban J connectivity index is 1.68. The summed E-state index contributed by atoms with van der Waals surface area (Å²) in [5.41, 5.74) is 0.447. The summed E-state index contributed by atoms with van der Waals surface area (Å²) in [6.07, 6.45) is 7.14. The summed E-state index contributed by atoms with van der Waals surface area (Å²) >= 11 is 0. The van der Waals surface area contributed by atoms with Gasteiger partial charge in [-0.1, -0.05) is 32.0 Å². The van der Waals surface area contributed by atoms with E-state index in [-0.39, 0.29) is 11.8 Å². The van der Waals surface area contributed by atoms with Gasteiger partial charge in [0.25, 0.3) is 5.91 Å². The second kappa shape index (κ2) is 7.98. The predicted octanol–water partition coefficient (Wildman–Crippen LogP) is 2.92. The summed E-state index contributed by atoms with van der Waals surface area (Å²) in [6, 6.07) is 3.59. The Morgan fingerprint density at radius 1 is 1.33 bits per heavy atom. The fourth-order valence-electron chi connectivity index (χ4n) is 3.15. The molecule has 1 aliphatic rings. The average Bonchev–Trinajstić information content (AvgIpc) is 3.35. The SMILES string of the molecule is CCC(C)(C)C(=O)C(=O)N1CCC[C@H]1c1nc(CCc2cccnc2)no1. The Hall–Kier alpha value is -2.57. The smallest absolute Gasteiger partial charge is 0.291 e. The molecule has 0 saturated carbocycles. The van der Waals surface area contributed by atoms with Gasteiger partial charge in [-0.3, -0.25) is 14.6 Å². The van der Waals surface area contributed by atoms with Crippen molar-refractivity contribution in [3.63, 3.8) is 0 Å². The lowest BCUT2D eigenvalue weighted by Crippen LogP contribution is -2.42. The van der Waals surface area contributed by atoms with Crippen LogP contribution in [-0.4, -0.2) is 38.3 Å². The van der Waals surface area contributed by atoms with Gasteiger partial charge in [0.05, 0.1) is 0 Å². The van der Waals surface area contributed by atoms with Gasteiger partial charge in [0.1, 0.15) is 6.04 Å².